The van der Waals surface area contributed by atoms with Crippen LogP contribution in [0.5, 0.6) is 5.75 Å². The molecular weight excluding hydrogens is 496 g/mol. The summed E-state index contributed by atoms with van der Waals surface area (Å²) >= 11 is 0. The summed E-state index contributed by atoms with van der Waals surface area (Å²) in [6.07, 6.45) is 2.01. The minimum Gasteiger partial charge on any atom is -0.496 e. The zero-order valence-corrected chi connectivity index (χ0v) is 22.2. The first-order chi connectivity index (χ1) is 17.3. The predicted molar refractivity (Wildman–Crippen MR) is 144 cm³/mol. The molecule has 37 heavy (non-hydrogen) atoms. The number of urea groups is 1. The van der Waals surface area contributed by atoms with Crippen molar-refractivity contribution >= 4 is 44.9 Å². The van der Waals surface area contributed by atoms with Crippen molar-refractivity contribution in [2.45, 2.75) is 39.0 Å². The fourth-order valence-electron chi connectivity index (χ4n) is 3.81. The Hall–Kier alpha value is -3.86. The van der Waals surface area contributed by atoms with E-state index in [2.05, 4.69) is 21.9 Å². The normalized spacial score (nSPS) is 14.1. The van der Waals surface area contributed by atoms with Gasteiger partial charge in [-0.1, -0.05) is 26.8 Å². The lowest BCUT2D eigenvalue weighted by molar-refractivity contribution is -0.120. The van der Waals surface area contributed by atoms with Crippen LogP contribution in [0, 0.1) is 0 Å². The van der Waals surface area contributed by atoms with E-state index in [1.165, 1.54) is 18.1 Å². The molecule has 3 N–H and O–H groups in total. The van der Waals surface area contributed by atoms with Crippen LogP contribution >= 0.6 is 0 Å². The molecular formula is C26H32N4O6S. The molecule has 3 rings (SSSR count). The van der Waals surface area contributed by atoms with Gasteiger partial charge in [0, 0.05) is 35.6 Å². The van der Waals surface area contributed by atoms with Gasteiger partial charge in [-0.15, -0.1) is 6.58 Å². The standard InChI is InChI=1S/C26H32N4O6S/c1-6-7-14-37(34,35)29-18-10-8-17(9-11-18)27-24(32)20-15-19(30-13-12-22(31)28-25(30)33)16-21(23(20)36-5)26(2,3)4/h6,8-11,15-16,29H,1,7,12-14H2,2-5H3,(H,27,32)(H,28,31,33). The van der Waals surface area contributed by atoms with E-state index >= 15 is 0 Å². The molecule has 1 aliphatic heterocycles. The third kappa shape index (κ3) is 6.88. The molecule has 0 spiro atoms. The van der Waals surface area contributed by atoms with Gasteiger partial charge in [-0.3, -0.25) is 24.5 Å². The van der Waals surface area contributed by atoms with Crippen molar-refractivity contribution in [1.82, 2.24) is 5.32 Å². The average Bonchev–Trinajstić information content (AvgIpc) is 2.82. The number of benzene rings is 2. The minimum absolute atomic E-state index is 0.0789. The first-order valence-electron chi connectivity index (χ1n) is 11.7. The lowest BCUT2D eigenvalue weighted by Crippen LogP contribution is -2.49. The van der Waals surface area contributed by atoms with Crippen molar-refractivity contribution in [3.8, 4) is 5.75 Å². The van der Waals surface area contributed by atoms with E-state index in [9.17, 15) is 22.8 Å². The van der Waals surface area contributed by atoms with E-state index in [1.54, 1.807) is 36.4 Å². The van der Waals surface area contributed by atoms with Crippen molar-refractivity contribution in [2.24, 2.45) is 0 Å². The number of carbonyl (C=O) groups excluding carboxylic acids is 3. The quantitative estimate of drug-likeness (QED) is 0.421. The molecule has 1 saturated heterocycles. The third-order valence-electron chi connectivity index (χ3n) is 5.70. The summed E-state index contributed by atoms with van der Waals surface area (Å²) < 4.78 is 32.3. The zero-order valence-electron chi connectivity index (χ0n) is 21.4. The van der Waals surface area contributed by atoms with Gasteiger partial charge in [-0.25, -0.2) is 13.2 Å². The molecule has 0 bridgehead atoms. The fraction of sp³-hybridized carbons (Fsp3) is 0.346. The molecule has 10 nitrogen and oxygen atoms in total. The van der Waals surface area contributed by atoms with Gasteiger partial charge in [0.1, 0.15) is 5.75 Å². The maximum absolute atomic E-state index is 13.4. The fourth-order valence-corrected chi connectivity index (χ4v) is 4.89. The summed E-state index contributed by atoms with van der Waals surface area (Å²) in [5.41, 5.74) is 1.76. The van der Waals surface area contributed by atoms with Gasteiger partial charge >= 0.3 is 6.03 Å². The van der Waals surface area contributed by atoms with Crippen LogP contribution in [0.15, 0.2) is 49.1 Å². The second kappa shape index (κ2) is 11.0. The van der Waals surface area contributed by atoms with Crippen LogP contribution in [0.2, 0.25) is 0 Å². The van der Waals surface area contributed by atoms with E-state index in [0.29, 0.717) is 34.8 Å². The molecule has 1 aliphatic rings. The maximum atomic E-state index is 13.4. The summed E-state index contributed by atoms with van der Waals surface area (Å²) in [7, 11) is -2.04. The van der Waals surface area contributed by atoms with Gasteiger partial charge in [-0.2, -0.15) is 0 Å². The molecule has 1 fully saturated rings. The molecule has 0 unspecified atom stereocenters. The Kier molecular flexibility index (Phi) is 8.27. The Balaban J connectivity index is 1.91. The maximum Gasteiger partial charge on any atom is 0.328 e. The second-order valence-corrected chi connectivity index (χ2v) is 11.5. The van der Waals surface area contributed by atoms with E-state index in [-0.39, 0.29) is 30.2 Å². The smallest absolute Gasteiger partial charge is 0.328 e. The molecule has 11 heteroatoms. The van der Waals surface area contributed by atoms with Crippen LogP contribution in [-0.4, -0.2) is 45.7 Å². The van der Waals surface area contributed by atoms with Crippen molar-refractivity contribution in [1.29, 1.82) is 0 Å². The van der Waals surface area contributed by atoms with E-state index < -0.39 is 27.4 Å². The summed E-state index contributed by atoms with van der Waals surface area (Å²) in [6, 6.07) is 9.04. The molecule has 0 atom stereocenters. The van der Waals surface area contributed by atoms with Crippen LogP contribution in [0.3, 0.4) is 0 Å². The van der Waals surface area contributed by atoms with Crippen molar-refractivity contribution in [2.75, 3.05) is 34.3 Å². The molecule has 2 aromatic rings. The summed E-state index contributed by atoms with van der Waals surface area (Å²) in [5, 5.41) is 5.10. The van der Waals surface area contributed by atoms with Crippen molar-refractivity contribution < 1.29 is 27.5 Å². The largest absolute Gasteiger partial charge is 0.496 e. The average molecular weight is 529 g/mol. The number of anilines is 3. The monoisotopic (exact) mass is 528 g/mol. The number of rotatable bonds is 9. The minimum atomic E-state index is -3.51. The molecule has 2 aromatic carbocycles. The highest BCUT2D eigenvalue weighted by atomic mass is 32.2. The molecule has 0 radical (unpaired) electrons. The first kappa shape index (κ1) is 27.7. The lowest BCUT2D eigenvalue weighted by Gasteiger charge is -2.30. The number of allylic oxidation sites excluding steroid dienone is 1. The summed E-state index contributed by atoms with van der Waals surface area (Å²) in [4.78, 5) is 38.9. The van der Waals surface area contributed by atoms with E-state index in [1.807, 2.05) is 20.8 Å². The van der Waals surface area contributed by atoms with Gasteiger partial charge < -0.3 is 10.1 Å². The Morgan fingerprint density at radius 2 is 1.81 bits per heavy atom. The number of ether oxygens (including phenoxy) is 1. The number of hydrogen-bond donors (Lipinski definition) is 3. The van der Waals surface area contributed by atoms with Crippen molar-refractivity contribution in [3.05, 3.63) is 60.2 Å². The number of hydrogen-bond acceptors (Lipinski definition) is 6. The predicted octanol–water partition coefficient (Wildman–Crippen LogP) is 4.01. The third-order valence-corrected chi connectivity index (χ3v) is 7.02. The Labute approximate surface area is 217 Å². The number of nitrogens with zero attached hydrogens (tertiary/aromatic N) is 1. The van der Waals surface area contributed by atoms with Crippen LogP contribution in [0.4, 0.5) is 21.9 Å². The Morgan fingerprint density at radius 3 is 2.38 bits per heavy atom. The molecule has 198 valence electrons. The van der Waals surface area contributed by atoms with Gasteiger partial charge in [0.2, 0.25) is 15.9 Å². The molecule has 1 heterocycles. The number of methoxy groups -OCH3 is 1. The van der Waals surface area contributed by atoms with E-state index in [4.69, 9.17) is 4.74 Å². The number of amides is 4. The number of imide groups is 1. The topological polar surface area (TPSA) is 134 Å². The van der Waals surface area contributed by atoms with Crippen LogP contribution < -0.4 is 25.0 Å². The number of carbonyl (C=O) groups is 3. The zero-order chi connectivity index (χ0) is 27.4. The highest BCUT2D eigenvalue weighted by molar-refractivity contribution is 7.92. The molecule has 4 amide bonds. The van der Waals surface area contributed by atoms with Crippen LogP contribution in [0.1, 0.15) is 49.5 Å². The Morgan fingerprint density at radius 1 is 1.16 bits per heavy atom. The van der Waals surface area contributed by atoms with Crippen molar-refractivity contribution in [3.63, 3.8) is 0 Å². The Bertz CT molecular complexity index is 1310. The van der Waals surface area contributed by atoms with Gasteiger partial charge in [-0.05, 0) is 48.2 Å². The molecule has 0 aromatic heterocycles. The highest BCUT2D eigenvalue weighted by Crippen LogP contribution is 2.38. The van der Waals surface area contributed by atoms with Gasteiger partial charge in [0.05, 0.1) is 18.4 Å². The van der Waals surface area contributed by atoms with E-state index in [0.717, 1.165) is 0 Å². The second-order valence-electron chi connectivity index (χ2n) is 9.61. The van der Waals surface area contributed by atoms with Gasteiger partial charge in [0.25, 0.3) is 5.91 Å². The van der Waals surface area contributed by atoms with Gasteiger partial charge in [0.15, 0.2) is 0 Å². The van der Waals surface area contributed by atoms with Crippen LogP contribution in [0.25, 0.3) is 0 Å². The lowest BCUT2D eigenvalue weighted by atomic mass is 9.84. The first-order valence-corrected chi connectivity index (χ1v) is 13.4. The number of sulfonamides is 1. The van der Waals surface area contributed by atoms with Crippen LogP contribution in [-0.2, 0) is 20.2 Å². The SMILES string of the molecule is C=CCCS(=O)(=O)Nc1ccc(NC(=O)c2cc(N3CCC(=O)NC3=O)cc(C(C)(C)C)c2OC)cc1. The molecule has 0 aliphatic carbocycles. The summed E-state index contributed by atoms with van der Waals surface area (Å²) in [6.45, 7) is 9.60. The summed E-state index contributed by atoms with van der Waals surface area (Å²) in [5.74, 6) is -0.536. The number of nitrogens with one attached hydrogen (secondary N) is 3. The molecule has 0 saturated carbocycles. The highest BCUT2D eigenvalue weighted by Gasteiger charge is 2.30.